The third kappa shape index (κ3) is 3.37. The van der Waals surface area contributed by atoms with Gasteiger partial charge in [-0.25, -0.2) is 4.98 Å². The van der Waals surface area contributed by atoms with Crippen LogP contribution >= 0.6 is 22.6 Å². The number of hydrogen-bond donors (Lipinski definition) is 1. The highest BCUT2D eigenvalue weighted by Gasteiger charge is 2.33. The lowest BCUT2D eigenvalue weighted by molar-refractivity contribution is -0.0763. The van der Waals surface area contributed by atoms with E-state index in [1.807, 2.05) is 6.92 Å². The van der Waals surface area contributed by atoms with Gasteiger partial charge in [0.25, 0.3) is 5.56 Å². The minimum absolute atomic E-state index is 0.0448. The van der Waals surface area contributed by atoms with Crippen LogP contribution in [-0.2, 0) is 16.8 Å². The van der Waals surface area contributed by atoms with Crippen LogP contribution in [0.15, 0.2) is 4.79 Å². The predicted molar refractivity (Wildman–Crippen MR) is 83.3 cm³/mol. The smallest absolute Gasteiger partial charge is 0.264 e. The predicted octanol–water partition coefficient (Wildman–Crippen LogP) is 2.99. The first-order valence-electron chi connectivity index (χ1n) is 6.85. The molecule has 1 aliphatic rings. The van der Waals surface area contributed by atoms with E-state index in [4.69, 9.17) is 4.74 Å². The fraction of sp³-hybridized carbons (Fsp3) is 0.714. The summed E-state index contributed by atoms with van der Waals surface area (Å²) in [5, 5.41) is 0. The van der Waals surface area contributed by atoms with E-state index in [9.17, 15) is 4.79 Å². The second-order valence-electron chi connectivity index (χ2n) is 5.81. The molecule has 19 heavy (non-hydrogen) atoms. The van der Waals surface area contributed by atoms with Crippen molar-refractivity contribution in [1.29, 1.82) is 0 Å². The molecule has 0 aromatic carbocycles. The topological polar surface area (TPSA) is 55.0 Å². The lowest BCUT2D eigenvalue weighted by Gasteiger charge is -2.33. The quantitative estimate of drug-likeness (QED) is 0.826. The second-order valence-corrected chi connectivity index (χ2v) is 6.89. The molecular formula is C14H21IN2O2. The number of aromatic amines is 1. The van der Waals surface area contributed by atoms with Crippen LogP contribution < -0.4 is 5.56 Å². The molecule has 1 fully saturated rings. The van der Waals surface area contributed by atoms with E-state index in [2.05, 4.69) is 46.4 Å². The maximum absolute atomic E-state index is 12.1. The van der Waals surface area contributed by atoms with Gasteiger partial charge in [-0.05, 0) is 61.1 Å². The average molecular weight is 376 g/mol. The molecule has 0 aliphatic carbocycles. The molecule has 2 heterocycles. The first-order chi connectivity index (χ1) is 8.92. The Labute approximate surface area is 127 Å². The lowest BCUT2D eigenvalue weighted by Crippen LogP contribution is -2.35. The number of nitrogens with zero attached hydrogens (tertiary/aromatic N) is 1. The summed E-state index contributed by atoms with van der Waals surface area (Å²) in [6.45, 7) is 7.04. The number of nitrogens with one attached hydrogen (secondary N) is 1. The molecule has 0 bridgehead atoms. The highest BCUT2D eigenvalue weighted by molar-refractivity contribution is 14.1. The molecule has 0 amide bonds. The summed E-state index contributed by atoms with van der Waals surface area (Å²) in [6.07, 6.45) is 3.94. The highest BCUT2D eigenvalue weighted by atomic mass is 127. The van der Waals surface area contributed by atoms with E-state index in [1.54, 1.807) is 0 Å². The molecule has 2 rings (SSSR count). The summed E-state index contributed by atoms with van der Waals surface area (Å²) in [7, 11) is 0. The van der Waals surface area contributed by atoms with Gasteiger partial charge in [-0.1, -0.05) is 13.8 Å². The van der Waals surface area contributed by atoms with Crippen molar-refractivity contribution in [3.8, 4) is 0 Å². The van der Waals surface area contributed by atoms with Gasteiger partial charge in [-0.2, -0.15) is 0 Å². The van der Waals surface area contributed by atoms with Crippen LogP contribution in [0.4, 0.5) is 0 Å². The number of H-pyrrole nitrogens is 1. The van der Waals surface area contributed by atoms with Crippen molar-refractivity contribution < 1.29 is 4.74 Å². The van der Waals surface area contributed by atoms with Crippen molar-refractivity contribution in [2.75, 3.05) is 6.61 Å². The molecule has 106 valence electrons. The van der Waals surface area contributed by atoms with E-state index in [0.717, 1.165) is 38.0 Å². The molecule has 1 aromatic heterocycles. The molecule has 0 radical (unpaired) electrons. The molecule has 5 heteroatoms. The summed E-state index contributed by atoms with van der Waals surface area (Å²) >= 11 is 2.08. The fourth-order valence-electron chi connectivity index (χ4n) is 2.40. The molecule has 0 saturated carbocycles. The largest absolute Gasteiger partial charge is 0.367 e. The van der Waals surface area contributed by atoms with Crippen LogP contribution in [-0.4, -0.2) is 16.6 Å². The van der Waals surface area contributed by atoms with Crippen molar-refractivity contribution in [1.82, 2.24) is 9.97 Å². The van der Waals surface area contributed by atoms with Gasteiger partial charge in [0.15, 0.2) is 0 Å². The molecule has 1 atom stereocenters. The van der Waals surface area contributed by atoms with Crippen LogP contribution in [0.5, 0.6) is 0 Å². The maximum Gasteiger partial charge on any atom is 0.264 e. The number of rotatable bonds is 3. The van der Waals surface area contributed by atoms with E-state index in [1.165, 1.54) is 0 Å². The van der Waals surface area contributed by atoms with Gasteiger partial charge in [-0.3, -0.25) is 4.79 Å². The Balaban J connectivity index is 2.41. The Morgan fingerprint density at radius 2 is 2.21 bits per heavy atom. The number of ether oxygens (including phenoxy) is 1. The van der Waals surface area contributed by atoms with Crippen LogP contribution in [0.3, 0.4) is 0 Å². The summed E-state index contributed by atoms with van der Waals surface area (Å²) in [5.41, 5.74) is 0.411. The maximum atomic E-state index is 12.1. The molecule has 4 nitrogen and oxygen atoms in total. The molecule has 1 aromatic rings. The van der Waals surface area contributed by atoms with E-state index < -0.39 is 5.60 Å². The van der Waals surface area contributed by atoms with E-state index in [0.29, 0.717) is 15.3 Å². The average Bonchev–Trinajstić information content (AvgIpc) is 2.35. The molecule has 0 spiro atoms. The second kappa shape index (κ2) is 5.91. The van der Waals surface area contributed by atoms with Crippen molar-refractivity contribution in [2.24, 2.45) is 5.92 Å². The zero-order valence-corrected chi connectivity index (χ0v) is 13.9. The highest BCUT2D eigenvalue weighted by Crippen LogP contribution is 2.32. The normalized spacial score (nSPS) is 23.8. The molecule has 1 saturated heterocycles. The summed E-state index contributed by atoms with van der Waals surface area (Å²) in [6, 6.07) is 0. The Bertz CT molecular complexity index is 505. The van der Waals surface area contributed by atoms with Crippen molar-refractivity contribution in [3.63, 3.8) is 0 Å². The third-order valence-corrected chi connectivity index (χ3v) is 4.62. The van der Waals surface area contributed by atoms with Crippen LogP contribution in [0.25, 0.3) is 0 Å². The standard InChI is InChI=1S/C14H21IN2O2/c1-9(2)8-10-11(15)12(18)17-13(16-10)14(3)6-4-5-7-19-14/h9H,4-8H2,1-3H3,(H,16,17,18). The van der Waals surface area contributed by atoms with Crippen molar-refractivity contribution in [2.45, 2.75) is 52.1 Å². The van der Waals surface area contributed by atoms with E-state index >= 15 is 0 Å². The molecule has 1 aliphatic heterocycles. The van der Waals surface area contributed by atoms with Gasteiger partial charge in [0.1, 0.15) is 11.4 Å². The van der Waals surface area contributed by atoms with Crippen molar-refractivity contribution >= 4 is 22.6 Å². The van der Waals surface area contributed by atoms with Crippen LogP contribution in [0, 0.1) is 9.49 Å². The molecule has 1 unspecified atom stereocenters. The minimum Gasteiger partial charge on any atom is -0.367 e. The molecule has 1 N–H and O–H groups in total. The number of hydrogen-bond acceptors (Lipinski definition) is 3. The van der Waals surface area contributed by atoms with Crippen molar-refractivity contribution in [3.05, 3.63) is 25.4 Å². The van der Waals surface area contributed by atoms with Gasteiger partial charge in [0.2, 0.25) is 0 Å². The number of halogens is 1. The van der Waals surface area contributed by atoms with Gasteiger partial charge in [0, 0.05) is 6.61 Å². The first-order valence-corrected chi connectivity index (χ1v) is 7.93. The zero-order chi connectivity index (χ0) is 14.0. The molecular weight excluding hydrogens is 355 g/mol. The van der Waals surface area contributed by atoms with E-state index in [-0.39, 0.29) is 5.56 Å². The monoisotopic (exact) mass is 376 g/mol. The van der Waals surface area contributed by atoms with Gasteiger partial charge >= 0.3 is 0 Å². The Morgan fingerprint density at radius 3 is 2.79 bits per heavy atom. The number of aromatic nitrogens is 2. The Hall–Kier alpha value is -0.430. The SMILES string of the molecule is CC(C)Cc1nc(C2(C)CCCCO2)[nH]c(=O)c1I. The lowest BCUT2D eigenvalue weighted by atomic mass is 9.95. The van der Waals surface area contributed by atoms with Gasteiger partial charge in [0.05, 0.1) is 9.26 Å². The Morgan fingerprint density at radius 1 is 1.47 bits per heavy atom. The summed E-state index contributed by atoms with van der Waals surface area (Å²) in [5.74, 6) is 1.17. The summed E-state index contributed by atoms with van der Waals surface area (Å²) < 4.78 is 6.57. The first kappa shape index (κ1) is 15.0. The van der Waals surface area contributed by atoms with Gasteiger partial charge in [-0.15, -0.1) is 0 Å². The minimum atomic E-state index is -0.437. The summed E-state index contributed by atoms with van der Waals surface area (Å²) in [4.78, 5) is 19.6. The van der Waals surface area contributed by atoms with Gasteiger partial charge < -0.3 is 9.72 Å². The Kier molecular flexibility index (Phi) is 4.66. The fourth-order valence-corrected chi connectivity index (χ4v) is 2.87. The van der Waals surface area contributed by atoms with Crippen LogP contribution in [0.1, 0.15) is 51.6 Å². The zero-order valence-electron chi connectivity index (χ0n) is 11.8. The van der Waals surface area contributed by atoms with Crippen LogP contribution in [0.2, 0.25) is 0 Å². The third-order valence-electron chi connectivity index (χ3n) is 3.50.